The number of carbonyl (C=O) groups excluding carboxylic acids is 1. The molecule has 1 heterocycles. The van der Waals surface area contributed by atoms with Crippen LogP contribution in [0.3, 0.4) is 0 Å². The summed E-state index contributed by atoms with van der Waals surface area (Å²) in [5.41, 5.74) is 0.294. The SMILES string of the molecule is Cc1ccc(C(=O)NCC2(CBr)CCCC2)s1. The Morgan fingerprint density at radius 1 is 1.47 bits per heavy atom. The Morgan fingerprint density at radius 3 is 2.71 bits per heavy atom. The highest BCUT2D eigenvalue weighted by atomic mass is 79.9. The van der Waals surface area contributed by atoms with Crippen molar-refractivity contribution in [1.29, 1.82) is 0 Å². The second kappa shape index (κ2) is 5.53. The van der Waals surface area contributed by atoms with E-state index in [9.17, 15) is 4.79 Å². The van der Waals surface area contributed by atoms with E-state index in [0.29, 0.717) is 5.41 Å². The van der Waals surface area contributed by atoms with Crippen molar-refractivity contribution in [1.82, 2.24) is 5.32 Å². The van der Waals surface area contributed by atoms with Gasteiger partial charge in [0.1, 0.15) is 0 Å². The maximum absolute atomic E-state index is 12.0. The predicted octanol–water partition coefficient (Wildman–Crippen LogP) is 3.74. The third-order valence-electron chi connectivity index (χ3n) is 3.54. The van der Waals surface area contributed by atoms with Crippen molar-refractivity contribution in [3.8, 4) is 0 Å². The van der Waals surface area contributed by atoms with Crippen molar-refractivity contribution >= 4 is 33.2 Å². The van der Waals surface area contributed by atoms with E-state index in [2.05, 4.69) is 21.2 Å². The van der Waals surface area contributed by atoms with Crippen LogP contribution in [0.2, 0.25) is 0 Å². The Morgan fingerprint density at radius 2 is 2.18 bits per heavy atom. The lowest BCUT2D eigenvalue weighted by Gasteiger charge is -2.26. The normalized spacial score (nSPS) is 18.2. The molecule has 1 amide bonds. The van der Waals surface area contributed by atoms with E-state index in [4.69, 9.17) is 0 Å². The van der Waals surface area contributed by atoms with Crippen LogP contribution in [-0.4, -0.2) is 17.8 Å². The van der Waals surface area contributed by atoms with Crippen LogP contribution < -0.4 is 5.32 Å². The molecule has 0 spiro atoms. The minimum Gasteiger partial charge on any atom is -0.351 e. The molecular weight excluding hydrogens is 298 g/mol. The average Bonchev–Trinajstić information content (AvgIpc) is 2.95. The second-order valence-electron chi connectivity index (χ2n) is 4.93. The van der Waals surface area contributed by atoms with E-state index in [1.165, 1.54) is 30.6 Å². The molecule has 1 aromatic rings. The van der Waals surface area contributed by atoms with Crippen molar-refractivity contribution in [2.75, 3.05) is 11.9 Å². The smallest absolute Gasteiger partial charge is 0.261 e. The molecule has 2 rings (SSSR count). The molecule has 0 bridgehead atoms. The molecule has 1 saturated carbocycles. The summed E-state index contributed by atoms with van der Waals surface area (Å²) < 4.78 is 0. The zero-order valence-electron chi connectivity index (χ0n) is 10.1. The zero-order chi connectivity index (χ0) is 12.3. The summed E-state index contributed by atoms with van der Waals surface area (Å²) in [5, 5.41) is 4.08. The van der Waals surface area contributed by atoms with E-state index >= 15 is 0 Å². The van der Waals surface area contributed by atoms with Crippen LogP contribution in [-0.2, 0) is 0 Å². The molecule has 1 aromatic heterocycles. The van der Waals surface area contributed by atoms with Crippen LogP contribution in [0.5, 0.6) is 0 Å². The van der Waals surface area contributed by atoms with Crippen LogP contribution in [0.25, 0.3) is 0 Å². The van der Waals surface area contributed by atoms with Gasteiger partial charge in [0.15, 0.2) is 0 Å². The summed E-state index contributed by atoms with van der Waals surface area (Å²) in [7, 11) is 0. The minimum atomic E-state index is 0.0790. The maximum atomic E-state index is 12.0. The second-order valence-corrected chi connectivity index (χ2v) is 6.78. The molecule has 0 unspecified atom stereocenters. The van der Waals surface area contributed by atoms with Crippen molar-refractivity contribution in [2.45, 2.75) is 32.6 Å². The molecule has 0 atom stereocenters. The number of amides is 1. The number of thiophene rings is 1. The van der Waals surface area contributed by atoms with Crippen molar-refractivity contribution in [3.63, 3.8) is 0 Å². The monoisotopic (exact) mass is 315 g/mol. The average molecular weight is 316 g/mol. The van der Waals surface area contributed by atoms with Gasteiger partial charge in [-0.05, 0) is 37.3 Å². The lowest BCUT2D eigenvalue weighted by Crippen LogP contribution is -2.36. The van der Waals surface area contributed by atoms with Crippen LogP contribution in [0.4, 0.5) is 0 Å². The summed E-state index contributed by atoms with van der Waals surface area (Å²) >= 11 is 5.16. The van der Waals surface area contributed by atoms with Crippen molar-refractivity contribution in [3.05, 3.63) is 21.9 Å². The molecule has 0 aliphatic heterocycles. The first-order valence-corrected chi connectivity index (χ1v) is 8.00. The van der Waals surface area contributed by atoms with Gasteiger partial charge >= 0.3 is 0 Å². The number of aryl methyl sites for hydroxylation is 1. The van der Waals surface area contributed by atoms with E-state index in [-0.39, 0.29) is 5.91 Å². The lowest BCUT2D eigenvalue weighted by atomic mass is 9.89. The zero-order valence-corrected chi connectivity index (χ0v) is 12.5. The lowest BCUT2D eigenvalue weighted by molar-refractivity contribution is 0.0939. The summed E-state index contributed by atoms with van der Waals surface area (Å²) in [6.07, 6.45) is 5.03. The number of halogens is 1. The van der Waals surface area contributed by atoms with E-state index < -0.39 is 0 Å². The summed E-state index contributed by atoms with van der Waals surface area (Å²) in [4.78, 5) is 14.0. The number of alkyl halides is 1. The minimum absolute atomic E-state index is 0.0790. The Balaban J connectivity index is 1.91. The Kier molecular flexibility index (Phi) is 4.26. The van der Waals surface area contributed by atoms with Gasteiger partial charge in [-0.2, -0.15) is 0 Å². The topological polar surface area (TPSA) is 29.1 Å². The molecule has 0 aromatic carbocycles. The number of carbonyl (C=O) groups is 1. The Hall–Kier alpha value is -0.350. The van der Waals surface area contributed by atoms with Gasteiger partial charge in [0.05, 0.1) is 4.88 Å². The van der Waals surface area contributed by atoms with E-state index in [1.54, 1.807) is 11.3 Å². The molecule has 1 fully saturated rings. The number of hydrogen-bond donors (Lipinski definition) is 1. The molecule has 1 aliphatic carbocycles. The maximum Gasteiger partial charge on any atom is 0.261 e. The summed E-state index contributed by atoms with van der Waals surface area (Å²) in [6, 6.07) is 3.90. The number of nitrogens with one attached hydrogen (secondary N) is 1. The van der Waals surface area contributed by atoms with Gasteiger partial charge in [-0.25, -0.2) is 0 Å². The number of rotatable bonds is 4. The molecule has 1 aliphatic rings. The fourth-order valence-corrected chi connectivity index (χ4v) is 3.94. The van der Waals surface area contributed by atoms with Gasteiger partial charge in [-0.15, -0.1) is 11.3 Å². The quantitative estimate of drug-likeness (QED) is 0.842. The summed E-state index contributed by atoms with van der Waals surface area (Å²) in [5.74, 6) is 0.0790. The molecule has 17 heavy (non-hydrogen) atoms. The largest absolute Gasteiger partial charge is 0.351 e. The third-order valence-corrected chi connectivity index (χ3v) is 5.72. The third kappa shape index (κ3) is 3.10. The van der Waals surface area contributed by atoms with E-state index in [1.807, 2.05) is 19.1 Å². The molecule has 4 heteroatoms. The first-order chi connectivity index (χ1) is 8.15. The van der Waals surface area contributed by atoms with Crippen molar-refractivity contribution in [2.24, 2.45) is 5.41 Å². The Bertz CT molecular complexity index is 396. The van der Waals surface area contributed by atoms with Crippen LogP contribution in [0.15, 0.2) is 12.1 Å². The molecule has 2 nitrogen and oxygen atoms in total. The highest BCUT2D eigenvalue weighted by molar-refractivity contribution is 9.09. The van der Waals surface area contributed by atoms with Gasteiger partial charge in [0, 0.05) is 16.8 Å². The molecule has 0 saturated heterocycles. The van der Waals surface area contributed by atoms with Crippen molar-refractivity contribution < 1.29 is 4.79 Å². The first-order valence-electron chi connectivity index (χ1n) is 6.06. The number of hydrogen-bond acceptors (Lipinski definition) is 2. The molecule has 0 radical (unpaired) electrons. The summed E-state index contributed by atoms with van der Waals surface area (Å²) in [6.45, 7) is 2.83. The van der Waals surface area contributed by atoms with Gasteiger partial charge in [-0.1, -0.05) is 28.8 Å². The highest BCUT2D eigenvalue weighted by Gasteiger charge is 2.33. The van der Waals surface area contributed by atoms with E-state index in [0.717, 1.165) is 16.8 Å². The first kappa shape index (κ1) is 13.1. The van der Waals surface area contributed by atoms with Gasteiger partial charge in [0.2, 0.25) is 0 Å². The van der Waals surface area contributed by atoms with Gasteiger partial charge in [0.25, 0.3) is 5.91 Å². The van der Waals surface area contributed by atoms with Crippen LogP contribution in [0, 0.1) is 12.3 Å². The van der Waals surface area contributed by atoms with Gasteiger partial charge < -0.3 is 5.32 Å². The van der Waals surface area contributed by atoms with Crippen LogP contribution >= 0.6 is 27.3 Å². The fourth-order valence-electron chi connectivity index (χ4n) is 2.39. The molecule has 1 N–H and O–H groups in total. The Labute approximate surface area is 115 Å². The van der Waals surface area contributed by atoms with Gasteiger partial charge in [-0.3, -0.25) is 4.79 Å². The molecule has 94 valence electrons. The van der Waals surface area contributed by atoms with Crippen LogP contribution in [0.1, 0.15) is 40.2 Å². The predicted molar refractivity (Wildman–Crippen MR) is 76.1 cm³/mol. The standard InChI is InChI=1S/C13H18BrNOS/c1-10-4-5-11(17-10)12(16)15-9-13(8-14)6-2-3-7-13/h4-5H,2-3,6-9H2,1H3,(H,15,16). The fraction of sp³-hybridized carbons (Fsp3) is 0.615. The highest BCUT2D eigenvalue weighted by Crippen LogP contribution is 2.39. The molecular formula is C13H18BrNOS.